The molecule has 4 aliphatic heterocycles. The summed E-state index contributed by atoms with van der Waals surface area (Å²) in [5.41, 5.74) is 1.30. The van der Waals surface area contributed by atoms with Crippen molar-refractivity contribution < 1.29 is 0 Å². The number of hydrogen-bond acceptors (Lipinski definition) is 4. The minimum Gasteiger partial charge on any atom is -0.365 e. The van der Waals surface area contributed by atoms with E-state index >= 15 is 0 Å². The number of rotatable bonds is 2. The lowest BCUT2D eigenvalue weighted by Gasteiger charge is -2.52. The van der Waals surface area contributed by atoms with Crippen molar-refractivity contribution in [3.8, 4) is 0 Å². The van der Waals surface area contributed by atoms with Crippen molar-refractivity contribution in [1.29, 1.82) is 0 Å². The summed E-state index contributed by atoms with van der Waals surface area (Å²) in [5, 5.41) is 7.87. The zero-order chi connectivity index (χ0) is 14.4. The SMILES string of the molecule is Cc1cc(NC2=CC[C@@]3(CN4CCC3CC4)N2)ncc1Cl. The molecule has 2 bridgehead atoms. The van der Waals surface area contributed by atoms with Gasteiger partial charge in [0.05, 0.1) is 10.6 Å². The number of aryl methyl sites for hydroxylation is 1. The van der Waals surface area contributed by atoms with Crippen molar-refractivity contribution in [2.24, 2.45) is 5.92 Å². The van der Waals surface area contributed by atoms with Crippen LogP contribution in [0, 0.1) is 12.8 Å². The van der Waals surface area contributed by atoms with Crippen molar-refractivity contribution in [1.82, 2.24) is 15.2 Å². The number of fused-ring (bicyclic) bond motifs is 2. The fourth-order valence-corrected chi connectivity index (χ4v) is 4.13. The van der Waals surface area contributed by atoms with Crippen molar-refractivity contribution in [2.45, 2.75) is 31.7 Å². The van der Waals surface area contributed by atoms with Crippen LogP contribution >= 0.6 is 11.6 Å². The molecule has 2 N–H and O–H groups in total. The second-order valence-corrected chi connectivity index (χ2v) is 7.00. The molecule has 0 saturated carbocycles. The molecular weight excluding hydrogens is 284 g/mol. The molecular formula is C16H21ClN4. The summed E-state index contributed by atoms with van der Waals surface area (Å²) in [6.45, 7) is 5.72. The Balaban J connectivity index is 1.47. The summed E-state index contributed by atoms with van der Waals surface area (Å²) in [5.74, 6) is 2.75. The molecule has 21 heavy (non-hydrogen) atoms. The molecule has 1 aromatic rings. The summed E-state index contributed by atoms with van der Waals surface area (Å²) in [4.78, 5) is 6.94. The molecule has 0 amide bonds. The number of nitrogens with one attached hydrogen (secondary N) is 2. The van der Waals surface area contributed by atoms with Crippen molar-refractivity contribution in [3.63, 3.8) is 0 Å². The molecule has 3 fully saturated rings. The Morgan fingerprint density at radius 2 is 2.24 bits per heavy atom. The van der Waals surface area contributed by atoms with E-state index in [0.717, 1.165) is 29.5 Å². The molecule has 1 spiro atoms. The molecule has 1 aromatic heterocycles. The van der Waals surface area contributed by atoms with Crippen LogP contribution in [-0.2, 0) is 0 Å². The first-order chi connectivity index (χ1) is 10.1. The van der Waals surface area contributed by atoms with Gasteiger partial charge in [0.25, 0.3) is 0 Å². The van der Waals surface area contributed by atoms with Gasteiger partial charge in [-0.15, -0.1) is 0 Å². The average molecular weight is 305 g/mol. The standard InChI is InChI=1S/C16H21ClN4/c1-11-8-15(18-9-13(11)17)19-14-2-5-16(20-14)10-21-6-3-12(16)4-7-21/h2,8-9,12,20H,3-7,10H2,1H3,(H,18,19)/t16-/m0/s1. The quantitative estimate of drug-likeness (QED) is 0.881. The highest BCUT2D eigenvalue weighted by Gasteiger charge is 2.48. The molecule has 1 atom stereocenters. The molecule has 0 aliphatic carbocycles. The van der Waals surface area contributed by atoms with E-state index in [-0.39, 0.29) is 5.54 Å². The molecule has 0 aromatic carbocycles. The first-order valence-corrected chi connectivity index (χ1v) is 8.12. The lowest BCUT2D eigenvalue weighted by Crippen LogP contribution is -2.64. The first-order valence-electron chi connectivity index (χ1n) is 7.74. The van der Waals surface area contributed by atoms with Crippen molar-refractivity contribution in [3.05, 3.63) is 34.7 Å². The lowest BCUT2D eigenvalue weighted by molar-refractivity contribution is 0.0189. The van der Waals surface area contributed by atoms with Gasteiger partial charge >= 0.3 is 0 Å². The largest absolute Gasteiger partial charge is 0.365 e. The highest BCUT2D eigenvalue weighted by atomic mass is 35.5. The minimum absolute atomic E-state index is 0.250. The summed E-state index contributed by atoms with van der Waals surface area (Å²) >= 11 is 6.03. The third-order valence-corrected chi connectivity index (χ3v) is 5.63. The Labute approximate surface area is 130 Å². The Morgan fingerprint density at radius 1 is 1.43 bits per heavy atom. The predicted octanol–water partition coefficient (Wildman–Crippen LogP) is 2.75. The first kappa shape index (κ1) is 13.4. The van der Waals surface area contributed by atoms with Crippen molar-refractivity contribution in [2.75, 3.05) is 25.0 Å². The van der Waals surface area contributed by atoms with Crippen LogP contribution in [0.4, 0.5) is 5.82 Å². The number of piperidine rings is 3. The van der Waals surface area contributed by atoms with Gasteiger partial charge in [-0.05, 0) is 62.9 Å². The van der Waals surface area contributed by atoms with Crippen LogP contribution in [0.5, 0.6) is 0 Å². The minimum atomic E-state index is 0.250. The molecule has 5 heterocycles. The summed E-state index contributed by atoms with van der Waals surface area (Å²) in [6.07, 6.45) is 7.76. The van der Waals surface area contributed by atoms with E-state index in [4.69, 9.17) is 11.6 Å². The van der Waals surface area contributed by atoms with E-state index in [0.29, 0.717) is 5.02 Å². The predicted molar refractivity (Wildman–Crippen MR) is 85.3 cm³/mol. The zero-order valence-corrected chi connectivity index (χ0v) is 13.1. The van der Waals surface area contributed by atoms with Crippen LogP contribution in [0.25, 0.3) is 0 Å². The van der Waals surface area contributed by atoms with Gasteiger partial charge in [-0.3, -0.25) is 0 Å². The number of hydrogen-bond donors (Lipinski definition) is 2. The fraction of sp³-hybridized carbons (Fsp3) is 0.562. The van der Waals surface area contributed by atoms with Gasteiger partial charge in [-0.25, -0.2) is 4.98 Å². The van der Waals surface area contributed by atoms with Crippen LogP contribution < -0.4 is 10.6 Å². The Morgan fingerprint density at radius 3 is 2.90 bits per heavy atom. The van der Waals surface area contributed by atoms with E-state index in [2.05, 4.69) is 26.6 Å². The smallest absolute Gasteiger partial charge is 0.131 e. The Hall–Kier alpha value is -1.26. The highest BCUT2D eigenvalue weighted by Crippen LogP contribution is 2.41. The zero-order valence-electron chi connectivity index (χ0n) is 12.3. The Kier molecular flexibility index (Phi) is 3.12. The topological polar surface area (TPSA) is 40.2 Å². The average Bonchev–Trinajstić information content (AvgIpc) is 2.87. The third kappa shape index (κ3) is 2.30. The summed E-state index contributed by atoms with van der Waals surface area (Å²) in [6, 6.07) is 1.99. The van der Waals surface area contributed by atoms with E-state index in [1.807, 2.05) is 13.0 Å². The van der Waals surface area contributed by atoms with Crippen LogP contribution in [0.1, 0.15) is 24.8 Å². The molecule has 0 radical (unpaired) electrons. The lowest BCUT2D eigenvalue weighted by atomic mass is 9.72. The third-order valence-electron chi connectivity index (χ3n) is 5.24. The van der Waals surface area contributed by atoms with Gasteiger partial charge in [0.2, 0.25) is 0 Å². The fourth-order valence-electron chi connectivity index (χ4n) is 4.03. The van der Waals surface area contributed by atoms with Gasteiger partial charge in [-0.2, -0.15) is 0 Å². The van der Waals surface area contributed by atoms with Crippen LogP contribution in [0.15, 0.2) is 24.2 Å². The highest BCUT2D eigenvalue weighted by molar-refractivity contribution is 6.31. The molecule has 5 heteroatoms. The van der Waals surface area contributed by atoms with E-state index in [1.165, 1.54) is 32.5 Å². The molecule has 3 saturated heterocycles. The number of aromatic nitrogens is 1. The number of anilines is 1. The van der Waals surface area contributed by atoms with Gasteiger partial charge in [-0.1, -0.05) is 11.6 Å². The monoisotopic (exact) mass is 304 g/mol. The number of pyridine rings is 1. The van der Waals surface area contributed by atoms with E-state index in [9.17, 15) is 0 Å². The molecule has 4 aliphatic rings. The Bertz CT molecular complexity index is 592. The van der Waals surface area contributed by atoms with Gasteiger partial charge < -0.3 is 15.5 Å². The molecule has 112 valence electrons. The normalized spacial score (nSPS) is 33.9. The van der Waals surface area contributed by atoms with Crippen LogP contribution in [0.3, 0.4) is 0 Å². The second-order valence-electron chi connectivity index (χ2n) is 6.60. The molecule has 5 rings (SSSR count). The van der Waals surface area contributed by atoms with Gasteiger partial charge in [0.15, 0.2) is 0 Å². The maximum Gasteiger partial charge on any atom is 0.131 e. The molecule has 4 nitrogen and oxygen atoms in total. The maximum absolute atomic E-state index is 6.03. The van der Waals surface area contributed by atoms with Crippen LogP contribution in [-0.4, -0.2) is 35.1 Å². The van der Waals surface area contributed by atoms with Gasteiger partial charge in [0, 0.05) is 12.7 Å². The van der Waals surface area contributed by atoms with Gasteiger partial charge in [0.1, 0.15) is 11.6 Å². The number of nitrogens with zero attached hydrogens (tertiary/aromatic N) is 2. The van der Waals surface area contributed by atoms with E-state index in [1.54, 1.807) is 6.20 Å². The summed E-state index contributed by atoms with van der Waals surface area (Å²) < 4.78 is 0. The number of halogens is 1. The van der Waals surface area contributed by atoms with Crippen LogP contribution in [0.2, 0.25) is 5.02 Å². The second kappa shape index (κ2) is 4.89. The van der Waals surface area contributed by atoms with E-state index < -0.39 is 0 Å². The summed E-state index contributed by atoms with van der Waals surface area (Å²) in [7, 11) is 0. The maximum atomic E-state index is 6.03. The molecule has 0 unspecified atom stereocenters. The van der Waals surface area contributed by atoms with Crippen molar-refractivity contribution >= 4 is 17.4 Å².